The summed E-state index contributed by atoms with van der Waals surface area (Å²) < 4.78 is 17.7. The average molecular weight is 454 g/mol. The van der Waals surface area contributed by atoms with Gasteiger partial charge in [0, 0.05) is 0 Å². The fourth-order valence-electron chi connectivity index (χ4n) is 2.48. The molecule has 0 radical (unpaired) electrons. The monoisotopic (exact) mass is 453 g/mol. The first-order valence-corrected chi connectivity index (χ1v) is 10.2. The van der Waals surface area contributed by atoms with Crippen molar-refractivity contribution < 1.29 is 23.8 Å². The van der Waals surface area contributed by atoms with Gasteiger partial charge in [-0.15, -0.1) is 0 Å². The summed E-state index contributed by atoms with van der Waals surface area (Å²) in [5.74, 6) is -1.51. The van der Waals surface area contributed by atoms with E-state index in [0.29, 0.717) is 0 Å². The second-order valence-electron chi connectivity index (χ2n) is 8.06. The van der Waals surface area contributed by atoms with Crippen molar-refractivity contribution in [2.24, 2.45) is 23.3 Å². The summed E-state index contributed by atoms with van der Waals surface area (Å²) in [5, 5.41) is 0. The van der Waals surface area contributed by atoms with Gasteiger partial charge >= 0.3 is 11.9 Å². The number of nitrogen functional groups attached to an aromatic ring is 1. The summed E-state index contributed by atoms with van der Waals surface area (Å²) in [5.41, 5.74) is 17.0. The number of aromatic amines is 1. The van der Waals surface area contributed by atoms with Crippen molar-refractivity contribution in [3.05, 3.63) is 16.7 Å². The lowest BCUT2D eigenvalue weighted by Crippen LogP contribution is -2.41. The average Bonchev–Trinajstić information content (AvgIpc) is 3.14. The molecule has 0 spiro atoms. The van der Waals surface area contributed by atoms with Crippen LogP contribution in [0.2, 0.25) is 0 Å². The van der Waals surface area contributed by atoms with Crippen molar-refractivity contribution in [2.75, 3.05) is 18.9 Å². The van der Waals surface area contributed by atoms with Gasteiger partial charge in [-0.25, -0.2) is 4.98 Å². The van der Waals surface area contributed by atoms with Gasteiger partial charge in [-0.3, -0.25) is 23.9 Å². The molecule has 0 aliphatic heterocycles. The van der Waals surface area contributed by atoms with Gasteiger partial charge in [0.15, 0.2) is 11.2 Å². The van der Waals surface area contributed by atoms with Crippen molar-refractivity contribution in [3.63, 3.8) is 0 Å². The van der Waals surface area contributed by atoms with Gasteiger partial charge in [-0.2, -0.15) is 4.98 Å². The smallest absolute Gasteiger partial charge is 0.323 e. The van der Waals surface area contributed by atoms with E-state index in [-0.39, 0.29) is 48.9 Å². The number of nitrogens with zero attached hydrogens (tertiary/aromatic N) is 3. The zero-order chi connectivity index (χ0) is 24.0. The van der Waals surface area contributed by atoms with E-state index in [0.717, 1.165) is 0 Å². The highest BCUT2D eigenvalue weighted by atomic mass is 16.6. The molecule has 2 heterocycles. The minimum atomic E-state index is -0.835. The van der Waals surface area contributed by atoms with Gasteiger partial charge in [-0.1, -0.05) is 27.7 Å². The van der Waals surface area contributed by atoms with E-state index in [1.54, 1.807) is 27.7 Å². The van der Waals surface area contributed by atoms with Crippen LogP contribution in [-0.4, -0.2) is 62.9 Å². The number of hydrogen-bond donors (Lipinski definition) is 4. The molecule has 32 heavy (non-hydrogen) atoms. The largest absolute Gasteiger partial charge is 0.462 e. The molecule has 13 heteroatoms. The van der Waals surface area contributed by atoms with Gasteiger partial charge in [0.25, 0.3) is 5.56 Å². The van der Waals surface area contributed by atoms with Crippen LogP contribution in [0.3, 0.4) is 0 Å². The van der Waals surface area contributed by atoms with Crippen LogP contribution < -0.4 is 22.8 Å². The maximum absolute atomic E-state index is 12.1. The summed E-state index contributed by atoms with van der Waals surface area (Å²) in [6.07, 6.45) is 0.517. The molecule has 0 saturated heterocycles. The number of H-pyrrole nitrogens is 1. The lowest BCUT2D eigenvalue weighted by Gasteiger charge is -2.22. The standard InChI is InChI=1S/C19H31N7O6/c1-9(2)12(20)17(28)30-5-11(6-31-18(29)13(21)10(3)4)32-8-26-7-23-14-15(26)24-19(22)25-16(14)27/h7,9-13H,5-6,8,20-21H2,1-4H3,(H3,22,24,25,27)/t11?,12-,13?/m0/s1. The van der Waals surface area contributed by atoms with Crippen LogP contribution in [0.5, 0.6) is 0 Å². The Balaban J connectivity index is 2.09. The lowest BCUT2D eigenvalue weighted by atomic mass is 10.1. The number of imidazole rings is 1. The topological polar surface area (TPSA) is 203 Å². The summed E-state index contributed by atoms with van der Waals surface area (Å²) in [7, 11) is 0. The highest BCUT2D eigenvalue weighted by Crippen LogP contribution is 2.09. The normalized spacial score (nSPS) is 14.5. The Bertz CT molecular complexity index is 956. The molecule has 0 amide bonds. The quantitative estimate of drug-likeness (QED) is 0.307. The molecule has 0 saturated carbocycles. The van der Waals surface area contributed by atoms with Crippen LogP contribution >= 0.6 is 0 Å². The van der Waals surface area contributed by atoms with Crippen molar-refractivity contribution in [1.29, 1.82) is 0 Å². The molecule has 13 nitrogen and oxygen atoms in total. The van der Waals surface area contributed by atoms with E-state index in [1.165, 1.54) is 10.9 Å². The number of ether oxygens (including phenoxy) is 3. The zero-order valence-electron chi connectivity index (χ0n) is 18.6. The van der Waals surface area contributed by atoms with E-state index in [9.17, 15) is 14.4 Å². The summed E-state index contributed by atoms with van der Waals surface area (Å²) in [4.78, 5) is 46.5. The number of fused-ring (bicyclic) bond motifs is 1. The molecule has 0 bridgehead atoms. The number of carbonyl (C=O) groups excluding carboxylic acids is 2. The molecule has 0 fully saturated rings. The fourth-order valence-corrected chi connectivity index (χ4v) is 2.48. The van der Waals surface area contributed by atoms with Gasteiger partial charge in [0.1, 0.15) is 38.1 Å². The number of rotatable bonds is 11. The van der Waals surface area contributed by atoms with Gasteiger partial charge < -0.3 is 31.4 Å². The lowest BCUT2D eigenvalue weighted by molar-refractivity contribution is -0.160. The Morgan fingerprint density at radius 3 is 2.09 bits per heavy atom. The molecule has 0 aromatic carbocycles. The Morgan fingerprint density at radius 2 is 1.59 bits per heavy atom. The first-order valence-electron chi connectivity index (χ1n) is 10.2. The number of esters is 2. The van der Waals surface area contributed by atoms with Gasteiger partial charge in [0.2, 0.25) is 5.95 Å². The van der Waals surface area contributed by atoms with Gasteiger partial charge in [0.05, 0.1) is 6.33 Å². The van der Waals surface area contributed by atoms with E-state index < -0.39 is 35.7 Å². The summed E-state index contributed by atoms with van der Waals surface area (Å²) in [6, 6.07) is -1.60. The van der Waals surface area contributed by atoms with Crippen LogP contribution in [0, 0.1) is 11.8 Å². The Morgan fingerprint density at radius 1 is 1.06 bits per heavy atom. The third-order valence-corrected chi connectivity index (χ3v) is 4.75. The van der Waals surface area contributed by atoms with Crippen LogP contribution in [0.1, 0.15) is 27.7 Å². The highest BCUT2D eigenvalue weighted by Gasteiger charge is 2.24. The number of nitrogens with two attached hydrogens (primary N) is 3. The van der Waals surface area contributed by atoms with Crippen LogP contribution in [0.4, 0.5) is 5.95 Å². The van der Waals surface area contributed by atoms with Crippen molar-refractivity contribution in [1.82, 2.24) is 19.5 Å². The van der Waals surface area contributed by atoms with E-state index in [2.05, 4.69) is 15.0 Å². The second-order valence-corrected chi connectivity index (χ2v) is 8.06. The molecule has 7 N–H and O–H groups in total. The van der Waals surface area contributed by atoms with Crippen LogP contribution in [0.25, 0.3) is 11.2 Å². The molecule has 0 aliphatic carbocycles. The maximum Gasteiger partial charge on any atom is 0.323 e. The van der Waals surface area contributed by atoms with Crippen molar-refractivity contribution >= 4 is 29.1 Å². The molecule has 0 aliphatic rings. The summed E-state index contributed by atoms with van der Waals surface area (Å²) >= 11 is 0. The first-order chi connectivity index (χ1) is 15.0. The Kier molecular flexibility index (Phi) is 8.69. The predicted molar refractivity (Wildman–Crippen MR) is 115 cm³/mol. The molecule has 2 aromatic heterocycles. The SMILES string of the molecule is CC(C)C(N)C(=O)OCC(COC(=O)[C@@H](N)C(C)C)OCn1cnc2c(=O)[nH]c(N)nc21. The molecule has 2 aromatic rings. The second kappa shape index (κ2) is 11.0. The molecule has 3 atom stereocenters. The maximum atomic E-state index is 12.1. The number of carbonyl (C=O) groups is 2. The third-order valence-electron chi connectivity index (χ3n) is 4.75. The molecule has 178 valence electrons. The van der Waals surface area contributed by atoms with E-state index in [1.807, 2.05) is 0 Å². The Labute approximate surface area is 184 Å². The van der Waals surface area contributed by atoms with Crippen LogP contribution in [0.15, 0.2) is 11.1 Å². The Hall–Kier alpha value is -3.03. The van der Waals surface area contributed by atoms with E-state index in [4.69, 9.17) is 31.4 Å². The van der Waals surface area contributed by atoms with E-state index >= 15 is 0 Å². The molecule has 2 unspecified atom stereocenters. The van der Waals surface area contributed by atoms with Crippen LogP contribution in [-0.2, 0) is 30.5 Å². The number of nitrogens with one attached hydrogen (secondary N) is 1. The van der Waals surface area contributed by atoms with Crippen molar-refractivity contribution in [2.45, 2.75) is 52.6 Å². The predicted octanol–water partition coefficient (Wildman–Crippen LogP) is -0.902. The molecular weight excluding hydrogens is 422 g/mol. The minimum absolute atomic E-state index is 0.0750. The van der Waals surface area contributed by atoms with Crippen molar-refractivity contribution in [3.8, 4) is 0 Å². The number of hydrogen-bond acceptors (Lipinski definition) is 11. The highest BCUT2D eigenvalue weighted by molar-refractivity contribution is 5.76. The third kappa shape index (κ3) is 6.48. The molecule has 2 rings (SSSR count). The fraction of sp³-hybridized carbons (Fsp3) is 0.632. The zero-order valence-corrected chi connectivity index (χ0v) is 18.6. The minimum Gasteiger partial charge on any atom is -0.462 e. The molecular formula is C19H31N7O6. The first kappa shape index (κ1) is 25.2. The summed E-state index contributed by atoms with van der Waals surface area (Å²) in [6.45, 7) is 6.61. The number of anilines is 1. The van der Waals surface area contributed by atoms with Gasteiger partial charge in [-0.05, 0) is 11.8 Å². The number of aromatic nitrogens is 4.